The van der Waals surface area contributed by atoms with Crippen LogP contribution in [0.4, 0.5) is 0 Å². The van der Waals surface area contributed by atoms with Crippen LogP contribution in [0, 0.1) is 0 Å². The Kier molecular flexibility index (Phi) is 3.40. The summed E-state index contributed by atoms with van der Waals surface area (Å²) in [7, 11) is 3.50. The lowest BCUT2D eigenvalue weighted by Crippen LogP contribution is -2.17. The average Bonchev–Trinajstić information content (AvgIpc) is 2.08. The fourth-order valence-electron chi connectivity index (χ4n) is 0.956. The minimum Gasteiger partial charge on any atom is -0.285 e. The lowest BCUT2D eigenvalue weighted by Gasteiger charge is -2.11. The van der Waals surface area contributed by atoms with Crippen LogP contribution in [0.1, 0.15) is 0 Å². The molecule has 0 saturated carbocycles. The molecule has 0 saturated heterocycles. The molecule has 1 aliphatic carbocycles. The van der Waals surface area contributed by atoms with E-state index in [0.29, 0.717) is 0 Å². The number of rotatable bonds is 0. The van der Waals surface area contributed by atoms with E-state index in [1.165, 1.54) is 0 Å². The molecular weight excluding hydrogens is 284 g/mol. The maximum absolute atomic E-state index is 4.13. The zero-order valence-electron chi connectivity index (χ0n) is 6.81. The Hall–Kier alpha value is -0.220. The van der Waals surface area contributed by atoms with Crippen molar-refractivity contribution in [3.8, 4) is 0 Å². The molecule has 1 rings (SSSR count). The fraction of sp³-hybridized carbons (Fsp3) is 0.250. The number of hydrogen-bond acceptors (Lipinski definition) is 2. The molecule has 0 aliphatic heterocycles. The first kappa shape index (κ1) is 9.86. The van der Waals surface area contributed by atoms with E-state index in [4.69, 9.17) is 0 Å². The van der Waals surface area contributed by atoms with Crippen molar-refractivity contribution in [1.82, 2.24) is 0 Å². The van der Waals surface area contributed by atoms with E-state index in [1.807, 2.05) is 12.2 Å². The van der Waals surface area contributed by atoms with Gasteiger partial charge in [-0.25, -0.2) is 0 Å². The summed E-state index contributed by atoms with van der Waals surface area (Å²) >= 11 is 6.82. The molecule has 0 amide bonds. The van der Waals surface area contributed by atoms with Crippen LogP contribution in [0.15, 0.2) is 31.1 Å². The molecule has 1 aliphatic rings. The first-order chi connectivity index (χ1) is 5.70. The molecule has 0 heterocycles. The van der Waals surface area contributed by atoms with Crippen LogP contribution < -0.4 is 0 Å². The van der Waals surface area contributed by atoms with Crippen molar-refractivity contribution >= 4 is 43.3 Å². The molecule has 2 nitrogen and oxygen atoms in total. The Bertz CT molecular complexity index is 279. The van der Waals surface area contributed by atoms with Gasteiger partial charge in [-0.3, -0.25) is 9.98 Å². The smallest absolute Gasteiger partial charge is 0.0976 e. The van der Waals surface area contributed by atoms with Gasteiger partial charge in [0.05, 0.1) is 11.4 Å². The molecule has 0 atom stereocenters. The van der Waals surface area contributed by atoms with Gasteiger partial charge in [-0.05, 0) is 44.0 Å². The standard InChI is InChI=1S/C8H8Br2N2/c1-11-7-5(9)3-4-6(10)8(7)12-2/h3-4H,1-2H3. The van der Waals surface area contributed by atoms with Crippen molar-refractivity contribution in [2.75, 3.05) is 14.1 Å². The van der Waals surface area contributed by atoms with Crippen LogP contribution in [0.25, 0.3) is 0 Å². The zero-order chi connectivity index (χ0) is 9.14. The first-order valence-electron chi connectivity index (χ1n) is 3.38. The monoisotopic (exact) mass is 290 g/mol. The summed E-state index contributed by atoms with van der Waals surface area (Å²) in [6, 6.07) is 0. The molecular formula is C8H8Br2N2. The normalized spacial score (nSPS) is 24.3. The molecule has 12 heavy (non-hydrogen) atoms. The Morgan fingerprint density at radius 3 is 1.50 bits per heavy atom. The second kappa shape index (κ2) is 4.14. The van der Waals surface area contributed by atoms with E-state index in [2.05, 4.69) is 41.8 Å². The van der Waals surface area contributed by atoms with Gasteiger partial charge in [0.15, 0.2) is 0 Å². The van der Waals surface area contributed by atoms with Crippen molar-refractivity contribution in [2.24, 2.45) is 9.98 Å². The zero-order valence-corrected chi connectivity index (χ0v) is 9.98. The van der Waals surface area contributed by atoms with Crippen molar-refractivity contribution in [3.63, 3.8) is 0 Å². The van der Waals surface area contributed by atoms with Gasteiger partial charge >= 0.3 is 0 Å². The SMILES string of the molecule is CN=C1C(Br)=CC=C(Br)C1=NC. The molecule has 0 radical (unpaired) electrons. The van der Waals surface area contributed by atoms with Gasteiger partial charge in [-0.15, -0.1) is 0 Å². The van der Waals surface area contributed by atoms with Gasteiger partial charge < -0.3 is 0 Å². The van der Waals surface area contributed by atoms with E-state index in [9.17, 15) is 0 Å². The predicted octanol–water partition coefficient (Wildman–Crippen LogP) is 2.70. The highest BCUT2D eigenvalue weighted by Crippen LogP contribution is 2.22. The van der Waals surface area contributed by atoms with Gasteiger partial charge in [0.2, 0.25) is 0 Å². The molecule has 4 heteroatoms. The van der Waals surface area contributed by atoms with Crippen LogP contribution in [0.5, 0.6) is 0 Å². The first-order valence-corrected chi connectivity index (χ1v) is 4.97. The van der Waals surface area contributed by atoms with Gasteiger partial charge in [0.1, 0.15) is 0 Å². The van der Waals surface area contributed by atoms with Crippen LogP contribution in [0.2, 0.25) is 0 Å². The molecule has 0 unspecified atom stereocenters. The number of hydrogen-bond donors (Lipinski definition) is 0. The van der Waals surface area contributed by atoms with Crippen molar-refractivity contribution < 1.29 is 0 Å². The summed E-state index contributed by atoms with van der Waals surface area (Å²) in [4.78, 5) is 8.26. The van der Waals surface area contributed by atoms with Gasteiger partial charge in [-0.2, -0.15) is 0 Å². The molecule has 0 spiro atoms. The maximum atomic E-state index is 4.13. The third-order valence-electron chi connectivity index (χ3n) is 1.50. The lowest BCUT2D eigenvalue weighted by molar-refractivity contribution is 1.42. The van der Waals surface area contributed by atoms with E-state index in [1.54, 1.807) is 14.1 Å². The number of aliphatic imine (C=N–C) groups is 2. The second-order valence-corrected chi connectivity index (χ2v) is 3.88. The van der Waals surface area contributed by atoms with E-state index >= 15 is 0 Å². The number of nitrogens with zero attached hydrogens (tertiary/aromatic N) is 2. The Morgan fingerprint density at radius 2 is 1.25 bits per heavy atom. The molecule has 0 fully saturated rings. The van der Waals surface area contributed by atoms with Crippen LogP contribution in [-0.4, -0.2) is 25.5 Å². The van der Waals surface area contributed by atoms with Gasteiger partial charge in [-0.1, -0.05) is 0 Å². The molecule has 64 valence electrons. The van der Waals surface area contributed by atoms with Gasteiger partial charge in [0.25, 0.3) is 0 Å². The fourth-order valence-corrected chi connectivity index (χ4v) is 1.95. The average molecular weight is 292 g/mol. The summed E-state index contributed by atoms with van der Waals surface area (Å²) in [6.07, 6.45) is 3.89. The minimum absolute atomic E-state index is 0.881. The third-order valence-corrected chi connectivity index (χ3v) is 2.78. The molecule has 0 N–H and O–H groups in total. The topological polar surface area (TPSA) is 24.7 Å². The summed E-state index contributed by atoms with van der Waals surface area (Å²) in [5.74, 6) is 0. The summed E-state index contributed by atoms with van der Waals surface area (Å²) in [5.41, 5.74) is 1.76. The van der Waals surface area contributed by atoms with Gasteiger partial charge in [0, 0.05) is 23.1 Å². The highest BCUT2D eigenvalue weighted by Gasteiger charge is 2.16. The highest BCUT2D eigenvalue weighted by atomic mass is 79.9. The number of allylic oxidation sites excluding steroid dienone is 4. The predicted molar refractivity (Wildman–Crippen MR) is 60.7 cm³/mol. The third kappa shape index (κ3) is 1.75. The number of halogens is 2. The van der Waals surface area contributed by atoms with Crippen LogP contribution >= 0.6 is 31.9 Å². The largest absolute Gasteiger partial charge is 0.285 e. The summed E-state index contributed by atoms with van der Waals surface area (Å²) in [6.45, 7) is 0. The Labute approximate surface area is 88.4 Å². The van der Waals surface area contributed by atoms with Crippen LogP contribution in [0.3, 0.4) is 0 Å². The lowest BCUT2D eigenvalue weighted by atomic mass is 10.1. The minimum atomic E-state index is 0.881. The van der Waals surface area contributed by atoms with Crippen molar-refractivity contribution in [1.29, 1.82) is 0 Å². The van der Waals surface area contributed by atoms with E-state index in [-0.39, 0.29) is 0 Å². The summed E-state index contributed by atoms with van der Waals surface area (Å²) < 4.78 is 1.93. The molecule has 0 aromatic heterocycles. The van der Waals surface area contributed by atoms with E-state index < -0.39 is 0 Å². The Balaban J connectivity index is 3.20. The van der Waals surface area contributed by atoms with E-state index in [0.717, 1.165) is 20.4 Å². The second-order valence-electron chi connectivity index (χ2n) is 2.17. The molecule has 0 aromatic rings. The van der Waals surface area contributed by atoms with Crippen LogP contribution in [-0.2, 0) is 0 Å². The summed E-state index contributed by atoms with van der Waals surface area (Å²) in [5, 5.41) is 0. The Morgan fingerprint density at radius 1 is 0.917 bits per heavy atom. The van der Waals surface area contributed by atoms with Crippen molar-refractivity contribution in [3.05, 3.63) is 21.1 Å². The highest BCUT2D eigenvalue weighted by molar-refractivity contribution is 9.12. The molecule has 0 bridgehead atoms. The maximum Gasteiger partial charge on any atom is 0.0976 e. The molecule has 0 aromatic carbocycles. The quantitative estimate of drug-likeness (QED) is 0.613. The van der Waals surface area contributed by atoms with Crippen molar-refractivity contribution in [2.45, 2.75) is 0 Å².